The zero-order valence-electron chi connectivity index (χ0n) is 12.9. The van der Waals surface area contributed by atoms with E-state index in [1.807, 2.05) is 0 Å². The number of rotatable bonds is 5. The molecule has 0 spiro atoms. The minimum absolute atomic E-state index is 0.125. The lowest BCUT2D eigenvalue weighted by atomic mass is 10.1. The van der Waals surface area contributed by atoms with Gasteiger partial charge in [0.1, 0.15) is 5.75 Å². The lowest BCUT2D eigenvalue weighted by Gasteiger charge is -2.18. The minimum atomic E-state index is -3.40. The number of amides is 1. The largest absolute Gasteiger partial charge is 0.508 e. The van der Waals surface area contributed by atoms with E-state index in [1.165, 1.54) is 11.0 Å². The molecule has 0 saturated heterocycles. The molecule has 2 N–H and O–H groups in total. The molecule has 2 aromatic rings. The molecule has 1 amide bonds. The standard InChI is InChI=1S/C16H18N2O4S/c1-18(11-13-6-3-4-9-15(13)19)16(20)12-7-5-8-14(10-12)17-23(2,21)22/h3-10,17,19H,11H2,1-2H3. The summed E-state index contributed by atoms with van der Waals surface area (Å²) in [6, 6.07) is 13.0. The van der Waals surface area contributed by atoms with E-state index in [9.17, 15) is 18.3 Å². The molecule has 23 heavy (non-hydrogen) atoms. The van der Waals surface area contributed by atoms with E-state index >= 15 is 0 Å². The van der Waals surface area contributed by atoms with E-state index < -0.39 is 10.0 Å². The van der Waals surface area contributed by atoms with Crippen LogP contribution in [-0.4, -0.2) is 37.6 Å². The third-order valence-electron chi connectivity index (χ3n) is 3.16. The zero-order valence-corrected chi connectivity index (χ0v) is 13.7. The van der Waals surface area contributed by atoms with Gasteiger partial charge >= 0.3 is 0 Å². The van der Waals surface area contributed by atoms with Crippen LogP contribution in [0.2, 0.25) is 0 Å². The molecule has 0 heterocycles. The topological polar surface area (TPSA) is 86.7 Å². The predicted molar refractivity (Wildman–Crippen MR) is 88.8 cm³/mol. The molecule has 122 valence electrons. The van der Waals surface area contributed by atoms with Crippen molar-refractivity contribution >= 4 is 21.6 Å². The van der Waals surface area contributed by atoms with Crippen molar-refractivity contribution in [3.05, 3.63) is 59.7 Å². The average molecular weight is 334 g/mol. The summed E-state index contributed by atoms with van der Waals surface area (Å²) in [6.45, 7) is 0.245. The normalized spacial score (nSPS) is 11.0. The highest BCUT2D eigenvalue weighted by atomic mass is 32.2. The van der Waals surface area contributed by atoms with Crippen LogP contribution in [0.5, 0.6) is 5.75 Å². The van der Waals surface area contributed by atoms with Crippen LogP contribution in [0.3, 0.4) is 0 Å². The monoisotopic (exact) mass is 334 g/mol. The number of phenols is 1. The first-order chi connectivity index (χ1) is 10.8. The molecular weight excluding hydrogens is 316 g/mol. The van der Waals surface area contributed by atoms with Gasteiger partial charge in [-0.05, 0) is 24.3 Å². The quantitative estimate of drug-likeness (QED) is 0.876. The van der Waals surface area contributed by atoms with Gasteiger partial charge in [0, 0.05) is 30.4 Å². The Kier molecular flexibility index (Phi) is 4.90. The van der Waals surface area contributed by atoms with Crippen molar-refractivity contribution in [1.82, 2.24) is 4.90 Å². The van der Waals surface area contributed by atoms with Gasteiger partial charge in [-0.25, -0.2) is 8.42 Å². The number of nitrogens with one attached hydrogen (secondary N) is 1. The molecule has 0 aliphatic heterocycles. The fourth-order valence-electron chi connectivity index (χ4n) is 2.12. The Balaban J connectivity index is 2.16. The highest BCUT2D eigenvalue weighted by Crippen LogP contribution is 2.19. The Morgan fingerprint density at radius 2 is 1.87 bits per heavy atom. The molecule has 0 bridgehead atoms. The summed E-state index contributed by atoms with van der Waals surface area (Å²) < 4.78 is 24.9. The maximum absolute atomic E-state index is 12.4. The molecule has 0 saturated carbocycles. The number of hydrogen-bond donors (Lipinski definition) is 2. The molecule has 0 aliphatic rings. The Bertz CT molecular complexity index is 818. The van der Waals surface area contributed by atoms with Crippen LogP contribution >= 0.6 is 0 Å². The molecule has 0 aliphatic carbocycles. The summed E-state index contributed by atoms with van der Waals surface area (Å²) >= 11 is 0. The Hall–Kier alpha value is -2.54. The van der Waals surface area contributed by atoms with Crippen molar-refractivity contribution in [1.29, 1.82) is 0 Å². The van der Waals surface area contributed by atoms with E-state index in [1.54, 1.807) is 49.5 Å². The lowest BCUT2D eigenvalue weighted by molar-refractivity contribution is 0.0784. The van der Waals surface area contributed by atoms with Gasteiger partial charge < -0.3 is 10.0 Å². The summed E-state index contributed by atoms with van der Waals surface area (Å²) in [5.74, 6) is -0.148. The fraction of sp³-hybridized carbons (Fsp3) is 0.188. The second-order valence-corrected chi connectivity index (χ2v) is 6.99. The SMILES string of the molecule is CN(Cc1ccccc1O)C(=O)c1cccc(NS(C)(=O)=O)c1. The summed E-state index contributed by atoms with van der Waals surface area (Å²) in [5, 5.41) is 9.77. The highest BCUT2D eigenvalue weighted by molar-refractivity contribution is 7.92. The summed E-state index contributed by atoms with van der Waals surface area (Å²) in [5.41, 5.74) is 1.32. The minimum Gasteiger partial charge on any atom is -0.508 e. The smallest absolute Gasteiger partial charge is 0.253 e. The first-order valence-electron chi connectivity index (χ1n) is 6.86. The Labute approximate surface area is 135 Å². The van der Waals surface area contributed by atoms with Crippen LogP contribution in [0.4, 0.5) is 5.69 Å². The average Bonchev–Trinajstić information content (AvgIpc) is 2.47. The van der Waals surface area contributed by atoms with Crippen molar-refractivity contribution < 1.29 is 18.3 Å². The molecule has 0 radical (unpaired) electrons. The maximum Gasteiger partial charge on any atom is 0.253 e. The first kappa shape index (κ1) is 16.8. The van der Waals surface area contributed by atoms with Gasteiger partial charge in [0.15, 0.2) is 0 Å². The number of anilines is 1. The van der Waals surface area contributed by atoms with Gasteiger partial charge in [0.25, 0.3) is 5.91 Å². The number of benzene rings is 2. The molecule has 0 aromatic heterocycles. The van der Waals surface area contributed by atoms with E-state index in [2.05, 4.69) is 4.72 Å². The van der Waals surface area contributed by atoms with Gasteiger partial charge in [-0.2, -0.15) is 0 Å². The van der Waals surface area contributed by atoms with Crippen molar-refractivity contribution in [2.45, 2.75) is 6.54 Å². The Morgan fingerprint density at radius 3 is 2.52 bits per heavy atom. The molecule has 7 heteroatoms. The molecule has 0 fully saturated rings. The van der Waals surface area contributed by atoms with E-state index in [0.29, 0.717) is 16.8 Å². The van der Waals surface area contributed by atoms with Crippen LogP contribution in [0.15, 0.2) is 48.5 Å². The predicted octanol–water partition coefficient (Wildman–Crippen LogP) is 2.04. The van der Waals surface area contributed by atoms with Crippen molar-refractivity contribution in [3.8, 4) is 5.75 Å². The van der Waals surface area contributed by atoms with Crippen LogP contribution < -0.4 is 4.72 Å². The van der Waals surface area contributed by atoms with Gasteiger partial charge in [-0.15, -0.1) is 0 Å². The lowest BCUT2D eigenvalue weighted by Crippen LogP contribution is -2.26. The first-order valence-corrected chi connectivity index (χ1v) is 8.75. The van der Waals surface area contributed by atoms with Gasteiger partial charge in [-0.1, -0.05) is 24.3 Å². The fourth-order valence-corrected chi connectivity index (χ4v) is 2.68. The van der Waals surface area contributed by atoms with Crippen LogP contribution in [0.25, 0.3) is 0 Å². The van der Waals surface area contributed by atoms with E-state index in [-0.39, 0.29) is 18.2 Å². The van der Waals surface area contributed by atoms with Crippen LogP contribution in [-0.2, 0) is 16.6 Å². The molecule has 0 atom stereocenters. The molecular formula is C16H18N2O4S. The summed E-state index contributed by atoms with van der Waals surface area (Å²) in [4.78, 5) is 13.9. The second kappa shape index (κ2) is 6.70. The van der Waals surface area contributed by atoms with Gasteiger partial charge in [0.05, 0.1) is 6.26 Å². The number of sulfonamides is 1. The van der Waals surface area contributed by atoms with Gasteiger partial charge in [0.2, 0.25) is 10.0 Å². The van der Waals surface area contributed by atoms with Crippen LogP contribution in [0, 0.1) is 0 Å². The number of para-hydroxylation sites is 1. The number of hydrogen-bond acceptors (Lipinski definition) is 4. The van der Waals surface area contributed by atoms with Crippen molar-refractivity contribution in [3.63, 3.8) is 0 Å². The van der Waals surface area contributed by atoms with Crippen molar-refractivity contribution in [2.24, 2.45) is 0 Å². The van der Waals surface area contributed by atoms with Crippen molar-refractivity contribution in [2.75, 3.05) is 18.0 Å². The number of carbonyl (C=O) groups excluding carboxylic acids is 1. The zero-order chi connectivity index (χ0) is 17.0. The Morgan fingerprint density at radius 1 is 1.17 bits per heavy atom. The molecule has 0 unspecified atom stereocenters. The number of phenolic OH excluding ortho intramolecular Hbond substituents is 1. The molecule has 2 rings (SSSR count). The summed E-state index contributed by atoms with van der Waals surface area (Å²) in [7, 11) is -1.79. The third-order valence-corrected chi connectivity index (χ3v) is 3.77. The molecule has 6 nitrogen and oxygen atoms in total. The third kappa shape index (κ3) is 4.72. The summed E-state index contributed by atoms with van der Waals surface area (Å²) in [6.07, 6.45) is 1.05. The number of nitrogens with zero attached hydrogens (tertiary/aromatic N) is 1. The number of carbonyl (C=O) groups is 1. The second-order valence-electron chi connectivity index (χ2n) is 5.24. The van der Waals surface area contributed by atoms with Gasteiger partial charge in [-0.3, -0.25) is 9.52 Å². The molecule has 2 aromatic carbocycles. The van der Waals surface area contributed by atoms with E-state index in [0.717, 1.165) is 6.26 Å². The number of aromatic hydroxyl groups is 1. The van der Waals surface area contributed by atoms with E-state index in [4.69, 9.17) is 0 Å². The highest BCUT2D eigenvalue weighted by Gasteiger charge is 2.14. The maximum atomic E-state index is 12.4. The van der Waals surface area contributed by atoms with Crippen LogP contribution in [0.1, 0.15) is 15.9 Å².